The molecule has 0 aliphatic heterocycles. The summed E-state index contributed by atoms with van der Waals surface area (Å²) in [6.07, 6.45) is 3.32. The second-order valence-electron chi connectivity index (χ2n) is 6.22. The number of aliphatic hydroxyl groups is 1. The lowest BCUT2D eigenvalue weighted by atomic mass is 9.86. The lowest BCUT2D eigenvalue weighted by Gasteiger charge is -2.27. The number of carbonyl (C=O) groups is 1. The van der Waals surface area contributed by atoms with Crippen LogP contribution in [-0.2, 0) is 4.79 Å². The molecule has 3 atom stereocenters. The van der Waals surface area contributed by atoms with Gasteiger partial charge in [0.25, 0.3) is 0 Å². The van der Waals surface area contributed by atoms with Crippen LogP contribution in [0.1, 0.15) is 40.0 Å². The number of nitrogens with two attached hydrogens (primary N) is 1. The molecule has 4 heteroatoms. The third kappa shape index (κ3) is 3.96. The van der Waals surface area contributed by atoms with Gasteiger partial charge in [-0.05, 0) is 30.1 Å². The van der Waals surface area contributed by atoms with Crippen molar-refractivity contribution < 1.29 is 9.90 Å². The van der Waals surface area contributed by atoms with Gasteiger partial charge in [-0.1, -0.05) is 27.2 Å². The minimum Gasteiger partial charge on any atom is -0.396 e. The molecular formula is C13H26N2O2. The van der Waals surface area contributed by atoms with Crippen molar-refractivity contribution in [3.8, 4) is 0 Å². The minimum atomic E-state index is -0.475. The quantitative estimate of drug-likeness (QED) is 0.685. The van der Waals surface area contributed by atoms with Crippen molar-refractivity contribution in [2.45, 2.75) is 46.1 Å². The minimum absolute atomic E-state index is 0.0823. The van der Waals surface area contributed by atoms with Gasteiger partial charge in [0.1, 0.15) is 0 Å². The summed E-state index contributed by atoms with van der Waals surface area (Å²) in [6, 6.07) is -0.475. The van der Waals surface area contributed by atoms with E-state index in [4.69, 9.17) is 5.73 Å². The molecule has 1 saturated carbocycles. The molecule has 100 valence electrons. The lowest BCUT2D eigenvalue weighted by Crippen LogP contribution is -2.49. The van der Waals surface area contributed by atoms with Crippen LogP contribution in [0.2, 0.25) is 0 Å². The number of carbonyl (C=O) groups excluding carboxylic acids is 1. The molecule has 4 N–H and O–H groups in total. The highest BCUT2D eigenvalue weighted by Gasteiger charge is 2.30. The Labute approximate surface area is 104 Å². The highest BCUT2D eigenvalue weighted by molar-refractivity contribution is 5.82. The summed E-state index contributed by atoms with van der Waals surface area (Å²) in [5.74, 6) is 0.679. The van der Waals surface area contributed by atoms with Crippen LogP contribution < -0.4 is 11.1 Å². The summed E-state index contributed by atoms with van der Waals surface area (Å²) < 4.78 is 0. The molecule has 0 aromatic rings. The molecule has 4 nitrogen and oxygen atoms in total. The summed E-state index contributed by atoms with van der Waals surface area (Å²) in [4.78, 5) is 11.8. The molecule has 1 fully saturated rings. The van der Waals surface area contributed by atoms with Gasteiger partial charge in [-0.25, -0.2) is 0 Å². The summed E-state index contributed by atoms with van der Waals surface area (Å²) in [5.41, 5.74) is 5.67. The zero-order valence-corrected chi connectivity index (χ0v) is 11.2. The maximum atomic E-state index is 11.8. The molecule has 0 aromatic carbocycles. The van der Waals surface area contributed by atoms with Crippen molar-refractivity contribution in [2.24, 2.45) is 23.0 Å². The average molecular weight is 242 g/mol. The zero-order chi connectivity index (χ0) is 13.1. The van der Waals surface area contributed by atoms with Crippen molar-refractivity contribution in [1.29, 1.82) is 0 Å². The number of hydrogen-bond acceptors (Lipinski definition) is 3. The second kappa shape index (κ2) is 5.83. The van der Waals surface area contributed by atoms with Crippen molar-refractivity contribution in [2.75, 3.05) is 13.2 Å². The van der Waals surface area contributed by atoms with Gasteiger partial charge in [0.15, 0.2) is 0 Å². The van der Waals surface area contributed by atoms with Gasteiger partial charge < -0.3 is 16.2 Å². The van der Waals surface area contributed by atoms with E-state index in [1.807, 2.05) is 20.8 Å². The Kier molecular flexibility index (Phi) is 4.95. The number of aliphatic hydroxyl groups excluding tert-OH is 1. The Morgan fingerprint density at radius 3 is 2.53 bits per heavy atom. The van der Waals surface area contributed by atoms with E-state index in [1.54, 1.807) is 0 Å². The molecule has 0 saturated heterocycles. The Morgan fingerprint density at radius 2 is 2.00 bits per heavy atom. The summed E-state index contributed by atoms with van der Waals surface area (Å²) >= 11 is 0. The predicted molar refractivity (Wildman–Crippen MR) is 68.4 cm³/mol. The standard InChI is InChI=1S/C13H26N2O2/c1-13(2,3)11(14)12(17)15-7-9-5-4-6-10(9)8-16/h9-11,16H,4-8,14H2,1-3H3,(H,15,17). The normalized spacial score (nSPS) is 26.9. The molecule has 0 radical (unpaired) electrons. The summed E-state index contributed by atoms with van der Waals surface area (Å²) in [5, 5.41) is 12.1. The van der Waals surface area contributed by atoms with Gasteiger partial charge >= 0.3 is 0 Å². The third-order valence-corrected chi connectivity index (χ3v) is 3.80. The van der Waals surface area contributed by atoms with E-state index < -0.39 is 6.04 Å². The molecule has 1 rings (SSSR count). The Morgan fingerprint density at radius 1 is 1.41 bits per heavy atom. The van der Waals surface area contributed by atoms with Gasteiger partial charge in [-0.2, -0.15) is 0 Å². The van der Waals surface area contributed by atoms with Gasteiger partial charge in [0.05, 0.1) is 6.04 Å². The van der Waals surface area contributed by atoms with E-state index >= 15 is 0 Å². The van der Waals surface area contributed by atoms with Gasteiger partial charge in [-0.3, -0.25) is 4.79 Å². The van der Waals surface area contributed by atoms with Crippen LogP contribution in [0.15, 0.2) is 0 Å². The number of rotatable bonds is 4. The highest BCUT2D eigenvalue weighted by Crippen LogP contribution is 2.30. The molecule has 3 unspecified atom stereocenters. The summed E-state index contributed by atoms with van der Waals surface area (Å²) in [7, 11) is 0. The van der Waals surface area contributed by atoms with Crippen LogP contribution in [0.25, 0.3) is 0 Å². The molecule has 0 aromatic heterocycles. The van der Waals surface area contributed by atoms with Crippen molar-refractivity contribution in [3.05, 3.63) is 0 Å². The van der Waals surface area contributed by atoms with Crippen LogP contribution >= 0.6 is 0 Å². The first-order chi connectivity index (χ1) is 7.86. The van der Waals surface area contributed by atoms with Gasteiger partial charge in [0.2, 0.25) is 5.91 Å². The maximum absolute atomic E-state index is 11.8. The Hall–Kier alpha value is -0.610. The van der Waals surface area contributed by atoms with Gasteiger partial charge in [-0.15, -0.1) is 0 Å². The van der Waals surface area contributed by atoms with Crippen molar-refractivity contribution >= 4 is 5.91 Å². The third-order valence-electron chi connectivity index (χ3n) is 3.80. The molecular weight excluding hydrogens is 216 g/mol. The molecule has 0 spiro atoms. The Balaban J connectivity index is 2.38. The topological polar surface area (TPSA) is 75.4 Å². The SMILES string of the molecule is CC(C)(C)C(N)C(=O)NCC1CCCC1CO. The molecule has 1 amide bonds. The Bertz CT molecular complexity index is 261. The first-order valence-electron chi connectivity index (χ1n) is 6.50. The highest BCUT2D eigenvalue weighted by atomic mass is 16.3. The van der Waals surface area contributed by atoms with Crippen molar-refractivity contribution in [1.82, 2.24) is 5.32 Å². The van der Waals surface area contributed by atoms with E-state index in [0.29, 0.717) is 18.4 Å². The lowest BCUT2D eigenvalue weighted by molar-refractivity contribution is -0.124. The van der Waals surface area contributed by atoms with Crippen LogP contribution in [0.3, 0.4) is 0 Å². The molecule has 17 heavy (non-hydrogen) atoms. The van der Waals surface area contributed by atoms with E-state index in [0.717, 1.165) is 19.3 Å². The monoisotopic (exact) mass is 242 g/mol. The predicted octanol–water partition coefficient (Wildman–Crippen LogP) is 0.885. The number of amides is 1. The van der Waals surface area contributed by atoms with Crippen LogP contribution in [0.5, 0.6) is 0 Å². The van der Waals surface area contributed by atoms with Crippen molar-refractivity contribution in [3.63, 3.8) is 0 Å². The first kappa shape index (κ1) is 14.5. The zero-order valence-electron chi connectivity index (χ0n) is 11.2. The smallest absolute Gasteiger partial charge is 0.237 e. The second-order valence-corrected chi connectivity index (χ2v) is 6.22. The van der Waals surface area contributed by atoms with Crippen LogP contribution in [0.4, 0.5) is 0 Å². The van der Waals surface area contributed by atoms with Crippen LogP contribution in [0, 0.1) is 17.3 Å². The average Bonchev–Trinajstić information content (AvgIpc) is 2.70. The fourth-order valence-corrected chi connectivity index (χ4v) is 2.36. The number of nitrogens with one attached hydrogen (secondary N) is 1. The molecule has 0 bridgehead atoms. The van der Waals surface area contributed by atoms with E-state index in [-0.39, 0.29) is 17.9 Å². The largest absolute Gasteiger partial charge is 0.396 e. The fourth-order valence-electron chi connectivity index (χ4n) is 2.36. The molecule has 0 heterocycles. The fraction of sp³-hybridized carbons (Fsp3) is 0.923. The summed E-state index contributed by atoms with van der Waals surface area (Å²) in [6.45, 7) is 6.76. The van der Waals surface area contributed by atoms with E-state index in [9.17, 15) is 9.90 Å². The maximum Gasteiger partial charge on any atom is 0.237 e. The van der Waals surface area contributed by atoms with Gasteiger partial charge in [0, 0.05) is 13.2 Å². The van der Waals surface area contributed by atoms with E-state index in [2.05, 4.69) is 5.32 Å². The molecule has 1 aliphatic carbocycles. The molecule has 1 aliphatic rings. The first-order valence-corrected chi connectivity index (χ1v) is 6.50. The van der Waals surface area contributed by atoms with E-state index in [1.165, 1.54) is 0 Å². The number of hydrogen-bond donors (Lipinski definition) is 3. The van der Waals surface area contributed by atoms with Crippen LogP contribution in [-0.4, -0.2) is 30.2 Å².